The van der Waals surface area contributed by atoms with Gasteiger partial charge in [-0.3, -0.25) is 4.79 Å². The van der Waals surface area contributed by atoms with E-state index in [9.17, 15) is 4.79 Å². The lowest BCUT2D eigenvalue weighted by Crippen LogP contribution is -2.17. The fourth-order valence-corrected chi connectivity index (χ4v) is 4.70. The number of halogens is 1. The molecule has 0 spiro atoms. The van der Waals surface area contributed by atoms with E-state index in [0.29, 0.717) is 34.3 Å². The zero-order valence-electron chi connectivity index (χ0n) is 17.9. The number of nitrogens with zero attached hydrogens (tertiary/aromatic N) is 1. The number of rotatable bonds is 5. The van der Waals surface area contributed by atoms with E-state index < -0.39 is 0 Å². The molecule has 0 amide bonds. The second-order valence-electron chi connectivity index (χ2n) is 7.73. The number of benzene rings is 3. The molecule has 1 aromatic heterocycles. The van der Waals surface area contributed by atoms with Gasteiger partial charge in [0, 0.05) is 39.5 Å². The van der Waals surface area contributed by atoms with Gasteiger partial charge in [-0.2, -0.15) is 0 Å². The molecule has 5 heteroatoms. The third-order valence-corrected chi connectivity index (χ3v) is 6.33. The van der Waals surface area contributed by atoms with Crippen LogP contribution in [0.5, 0.6) is 11.5 Å². The van der Waals surface area contributed by atoms with Crippen LogP contribution >= 0.6 is 11.6 Å². The van der Waals surface area contributed by atoms with Crippen molar-refractivity contribution in [1.29, 1.82) is 0 Å². The average molecular weight is 444 g/mol. The fourth-order valence-electron chi connectivity index (χ4n) is 4.46. The van der Waals surface area contributed by atoms with Crippen molar-refractivity contribution in [2.24, 2.45) is 0 Å². The van der Waals surface area contributed by atoms with Gasteiger partial charge in [0.25, 0.3) is 0 Å². The first-order valence-corrected chi connectivity index (χ1v) is 10.8. The molecule has 32 heavy (non-hydrogen) atoms. The predicted octanol–water partition coefficient (Wildman–Crippen LogP) is 6.28. The zero-order chi connectivity index (χ0) is 22.2. The van der Waals surface area contributed by atoms with Gasteiger partial charge in [0.15, 0.2) is 11.5 Å². The lowest BCUT2D eigenvalue weighted by Gasteiger charge is -2.23. The molecule has 0 atom stereocenters. The normalized spacial score (nSPS) is 12.1. The molecule has 1 aliphatic heterocycles. The highest BCUT2D eigenvalue weighted by atomic mass is 35.5. The van der Waals surface area contributed by atoms with Crippen LogP contribution in [0.3, 0.4) is 0 Å². The van der Waals surface area contributed by atoms with E-state index in [4.69, 9.17) is 21.1 Å². The lowest BCUT2D eigenvalue weighted by molar-refractivity contribution is 0.103. The van der Waals surface area contributed by atoms with E-state index in [1.54, 1.807) is 14.2 Å². The summed E-state index contributed by atoms with van der Waals surface area (Å²) in [5.41, 5.74) is 6.16. The van der Waals surface area contributed by atoms with Crippen molar-refractivity contribution in [3.8, 4) is 33.9 Å². The molecule has 2 heterocycles. The Labute approximate surface area is 192 Å². The van der Waals surface area contributed by atoms with Gasteiger partial charge >= 0.3 is 0 Å². The zero-order valence-corrected chi connectivity index (χ0v) is 18.6. The first kappa shape index (κ1) is 20.4. The van der Waals surface area contributed by atoms with E-state index >= 15 is 0 Å². The number of carbonyl (C=O) groups is 1. The summed E-state index contributed by atoms with van der Waals surface area (Å²) >= 11 is 6.58. The van der Waals surface area contributed by atoms with Crippen molar-refractivity contribution in [1.82, 2.24) is 4.57 Å². The van der Waals surface area contributed by atoms with Crippen molar-refractivity contribution in [2.75, 3.05) is 14.2 Å². The van der Waals surface area contributed by atoms with Gasteiger partial charge < -0.3 is 14.0 Å². The number of aryl methyl sites for hydroxylation is 1. The summed E-state index contributed by atoms with van der Waals surface area (Å²) in [5, 5.41) is 0.616. The van der Waals surface area contributed by atoms with E-state index in [1.807, 2.05) is 66.7 Å². The largest absolute Gasteiger partial charge is 0.493 e. The summed E-state index contributed by atoms with van der Waals surface area (Å²) in [6.45, 7) is 0.691. The molecular formula is C27H22ClNO3. The number of carbonyl (C=O) groups excluding carboxylic acids is 1. The Kier molecular flexibility index (Phi) is 5.24. The molecule has 0 fully saturated rings. The van der Waals surface area contributed by atoms with Crippen LogP contribution in [0, 0.1) is 0 Å². The van der Waals surface area contributed by atoms with Gasteiger partial charge in [-0.25, -0.2) is 0 Å². The minimum absolute atomic E-state index is 0.0179. The number of methoxy groups -OCH3 is 2. The molecule has 4 aromatic rings. The predicted molar refractivity (Wildman–Crippen MR) is 127 cm³/mol. The molecule has 0 aliphatic carbocycles. The monoisotopic (exact) mass is 443 g/mol. The fraction of sp³-hybridized carbons (Fsp3) is 0.148. The van der Waals surface area contributed by atoms with Crippen molar-refractivity contribution in [2.45, 2.75) is 13.0 Å². The molecule has 0 saturated carbocycles. The summed E-state index contributed by atoms with van der Waals surface area (Å²) in [6.07, 6.45) is 0.786. The molecule has 0 radical (unpaired) electrons. The molecule has 0 bridgehead atoms. The van der Waals surface area contributed by atoms with Gasteiger partial charge in [-0.1, -0.05) is 60.1 Å². The maximum absolute atomic E-state index is 13.7. The van der Waals surface area contributed by atoms with E-state index in [2.05, 4.69) is 10.6 Å². The van der Waals surface area contributed by atoms with Gasteiger partial charge in [0.05, 0.1) is 19.9 Å². The summed E-state index contributed by atoms with van der Waals surface area (Å²) in [7, 11) is 3.27. The molecule has 0 saturated heterocycles. The van der Waals surface area contributed by atoms with Crippen LogP contribution in [0.1, 0.15) is 21.6 Å². The smallest absolute Gasteiger partial charge is 0.210 e. The van der Waals surface area contributed by atoms with Gasteiger partial charge in [0.1, 0.15) is 0 Å². The molecule has 0 unspecified atom stereocenters. The number of hydrogen-bond donors (Lipinski definition) is 0. The third-order valence-electron chi connectivity index (χ3n) is 6.00. The van der Waals surface area contributed by atoms with E-state index in [1.165, 1.54) is 0 Å². The van der Waals surface area contributed by atoms with Crippen LogP contribution in [0.25, 0.3) is 22.4 Å². The van der Waals surface area contributed by atoms with Crippen molar-refractivity contribution >= 4 is 17.4 Å². The average Bonchev–Trinajstić information content (AvgIpc) is 3.23. The second kappa shape index (κ2) is 8.21. The van der Waals surface area contributed by atoms with Gasteiger partial charge in [-0.15, -0.1) is 0 Å². The summed E-state index contributed by atoms with van der Waals surface area (Å²) in [4.78, 5) is 13.7. The Morgan fingerprint density at radius 1 is 0.844 bits per heavy atom. The van der Waals surface area contributed by atoms with Crippen molar-refractivity contribution in [3.63, 3.8) is 0 Å². The highest BCUT2D eigenvalue weighted by Gasteiger charge is 2.29. The SMILES string of the molecule is COc1cc2c(cc1OC)-c1cc(-c3ccccc3Cl)c(C(=O)c3ccccc3)n1CC2. The first-order valence-electron chi connectivity index (χ1n) is 10.5. The summed E-state index contributed by atoms with van der Waals surface area (Å²) < 4.78 is 13.2. The molecule has 4 nitrogen and oxygen atoms in total. The number of ketones is 1. The Bertz CT molecular complexity index is 1320. The van der Waals surface area contributed by atoms with Crippen LogP contribution in [0.15, 0.2) is 72.8 Å². The molecule has 1 aliphatic rings. The molecule has 5 rings (SSSR count). The van der Waals surface area contributed by atoms with E-state index in [-0.39, 0.29) is 5.78 Å². The summed E-state index contributed by atoms with van der Waals surface area (Å²) in [5.74, 6) is 1.35. The first-order chi connectivity index (χ1) is 15.6. The number of fused-ring (bicyclic) bond motifs is 3. The van der Waals surface area contributed by atoms with Crippen LogP contribution in [-0.2, 0) is 13.0 Å². The molecular weight excluding hydrogens is 422 g/mol. The molecule has 160 valence electrons. The number of ether oxygens (including phenoxy) is 2. The van der Waals surface area contributed by atoms with Crippen LogP contribution in [0.2, 0.25) is 5.02 Å². The Morgan fingerprint density at radius 3 is 2.25 bits per heavy atom. The Morgan fingerprint density at radius 2 is 1.53 bits per heavy atom. The highest BCUT2D eigenvalue weighted by molar-refractivity contribution is 6.33. The number of aromatic nitrogens is 1. The van der Waals surface area contributed by atoms with Crippen LogP contribution < -0.4 is 9.47 Å². The maximum atomic E-state index is 13.7. The Hall–Kier alpha value is -3.50. The highest BCUT2D eigenvalue weighted by Crippen LogP contribution is 2.43. The maximum Gasteiger partial charge on any atom is 0.210 e. The molecule has 3 aromatic carbocycles. The van der Waals surface area contributed by atoms with Gasteiger partial charge in [-0.05, 0) is 36.2 Å². The van der Waals surface area contributed by atoms with E-state index in [0.717, 1.165) is 34.4 Å². The quantitative estimate of drug-likeness (QED) is 0.341. The minimum Gasteiger partial charge on any atom is -0.493 e. The summed E-state index contributed by atoms with van der Waals surface area (Å²) in [6, 6.07) is 23.1. The number of hydrogen-bond acceptors (Lipinski definition) is 3. The molecule has 0 N–H and O–H groups in total. The van der Waals surface area contributed by atoms with Crippen LogP contribution in [-0.4, -0.2) is 24.6 Å². The van der Waals surface area contributed by atoms with Crippen molar-refractivity contribution in [3.05, 3.63) is 94.6 Å². The second-order valence-corrected chi connectivity index (χ2v) is 8.14. The topological polar surface area (TPSA) is 40.5 Å². The van der Waals surface area contributed by atoms with Crippen molar-refractivity contribution < 1.29 is 14.3 Å². The Balaban J connectivity index is 1.78. The van der Waals surface area contributed by atoms with Gasteiger partial charge in [0.2, 0.25) is 5.78 Å². The standard InChI is InChI=1S/C27H22ClNO3/c1-31-24-14-18-12-13-29-23(20(18)16-25(24)32-2)15-21(19-10-6-7-11-22(19)28)26(29)27(30)17-8-4-3-5-9-17/h3-11,14-16H,12-13H2,1-2H3. The lowest BCUT2D eigenvalue weighted by atomic mass is 9.97. The van der Waals surface area contributed by atoms with Crippen LogP contribution in [0.4, 0.5) is 0 Å². The minimum atomic E-state index is -0.0179. The third kappa shape index (κ3) is 3.28.